The van der Waals surface area contributed by atoms with Crippen molar-refractivity contribution in [3.8, 4) is 5.75 Å². The van der Waals surface area contributed by atoms with Crippen LogP contribution in [0.3, 0.4) is 0 Å². The summed E-state index contributed by atoms with van der Waals surface area (Å²) in [5, 5.41) is 8.68. The summed E-state index contributed by atoms with van der Waals surface area (Å²) < 4.78 is 5.56. The van der Waals surface area contributed by atoms with Crippen LogP contribution in [0.5, 0.6) is 5.75 Å². The van der Waals surface area contributed by atoms with Gasteiger partial charge in [-0.05, 0) is 25.0 Å². The average molecular weight is 293 g/mol. The molecule has 5 nitrogen and oxygen atoms in total. The molecule has 0 heterocycles. The van der Waals surface area contributed by atoms with Crippen molar-refractivity contribution in [1.82, 2.24) is 4.90 Å². The third-order valence-corrected chi connectivity index (χ3v) is 3.19. The smallest absolute Gasteiger partial charge is 0.303 e. The Balaban J connectivity index is 2.29. The van der Waals surface area contributed by atoms with Crippen molar-refractivity contribution in [2.75, 3.05) is 20.2 Å². The summed E-state index contributed by atoms with van der Waals surface area (Å²) in [6, 6.07) is 7.73. The Morgan fingerprint density at radius 3 is 2.43 bits per heavy atom. The molecule has 1 atom stereocenters. The molecule has 0 fully saturated rings. The van der Waals surface area contributed by atoms with Gasteiger partial charge >= 0.3 is 5.97 Å². The molecule has 0 spiro atoms. The maximum absolute atomic E-state index is 11.9. The topological polar surface area (TPSA) is 66.8 Å². The lowest BCUT2D eigenvalue weighted by Gasteiger charge is -2.19. The number of hydrogen-bond donors (Lipinski definition) is 1. The van der Waals surface area contributed by atoms with Crippen molar-refractivity contribution in [1.29, 1.82) is 0 Å². The fourth-order valence-corrected chi connectivity index (χ4v) is 1.88. The second kappa shape index (κ2) is 8.29. The van der Waals surface area contributed by atoms with Gasteiger partial charge in [0.25, 0.3) is 0 Å². The number of nitrogens with zero attached hydrogens (tertiary/aromatic N) is 1. The highest BCUT2D eigenvalue weighted by molar-refractivity contribution is 5.77. The zero-order valence-corrected chi connectivity index (χ0v) is 12.8. The molecule has 0 saturated carbocycles. The van der Waals surface area contributed by atoms with Crippen molar-refractivity contribution in [3.05, 3.63) is 29.8 Å². The molecule has 0 aliphatic rings. The Hall–Kier alpha value is -2.04. The van der Waals surface area contributed by atoms with Crippen molar-refractivity contribution in [3.63, 3.8) is 0 Å². The van der Waals surface area contributed by atoms with Crippen LogP contribution < -0.4 is 4.74 Å². The number of amides is 1. The van der Waals surface area contributed by atoms with E-state index in [4.69, 9.17) is 9.84 Å². The zero-order chi connectivity index (χ0) is 15.8. The number of carboxylic acid groups (broad SMARTS) is 1. The highest BCUT2D eigenvalue weighted by Crippen LogP contribution is 2.12. The first kappa shape index (κ1) is 17.0. The Morgan fingerprint density at radius 1 is 1.24 bits per heavy atom. The number of rotatable bonds is 8. The Labute approximate surface area is 125 Å². The van der Waals surface area contributed by atoms with Gasteiger partial charge in [-0.2, -0.15) is 0 Å². The largest absolute Gasteiger partial charge is 0.492 e. The van der Waals surface area contributed by atoms with Crippen molar-refractivity contribution in [2.24, 2.45) is 5.92 Å². The van der Waals surface area contributed by atoms with Crippen LogP contribution in [0.4, 0.5) is 0 Å². The molecule has 1 aromatic carbocycles. The van der Waals surface area contributed by atoms with E-state index in [0.717, 1.165) is 5.75 Å². The monoisotopic (exact) mass is 293 g/mol. The lowest BCUT2D eigenvalue weighted by atomic mass is 10.0. The number of aliphatic carboxylic acids is 1. The fourth-order valence-electron chi connectivity index (χ4n) is 1.88. The molecule has 0 aliphatic carbocycles. The third-order valence-electron chi connectivity index (χ3n) is 3.19. The summed E-state index contributed by atoms with van der Waals surface area (Å²) in [5.41, 5.74) is 1.17. The van der Waals surface area contributed by atoms with E-state index in [9.17, 15) is 9.59 Å². The van der Waals surface area contributed by atoms with Gasteiger partial charge in [-0.1, -0.05) is 24.6 Å². The van der Waals surface area contributed by atoms with Crippen LogP contribution in [0.1, 0.15) is 25.3 Å². The van der Waals surface area contributed by atoms with E-state index in [1.54, 1.807) is 18.9 Å². The van der Waals surface area contributed by atoms with Gasteiger partial charge in [0.15, 0.2) is 0 Å². The zero-order valence-electron chi connectivity index (χ0n) is 12.8. The van der Waals surface area contributed by atoms with E-state index in [2.05, 4.69) is 0 Å². The molecule has 1 N–H and O–H groups in total. The van der Waals surface area contributed by atoms with Crippen LogP contribution in [0.15, 0.2) is 24.3 Å². The minimum absolute atomic E-state index is 0.0133. The van der Waals surface area contributed by atoms with Gasteiger partial charge in [-0.3, -0.25) is 9.59 Å². The highest BCUT2D eigenvalue weighted by Gasteiger charge is 2.15. The normalized spacial score (nSPS) is 11.8. The van der Waals surface area contributed by atoms with E-state index >= 15 is 0 Å². The van der Waals surface area contributed by atoms with Crippen LogP contribution in [0, 0.1) is 12.8 Å². The molecule has 0 radical (unpaired) electrons. The second-order valence-electron chi connectivity index (χ2n) is 5.38. The van der Waals surface area contributed by atoms with E-state index < -0.39 is 5.97 Å². The lowest BCUT2D eigenvalue weighted by Crippen LogP contribution is -2.32. The SMILES string of the molecule is Cc1ccc(OCCN(C)C(=O)CC(C)CC(=O)O)cc1. The lowest BCUT2D eigenvalue weighted by molar-refractivity contribution is -0.138. The molecule has 1 unspecified atom stereocenters. The first-order valence-electron chi connectivity index (χ1n) is 7.03. The summed E-state index contributed by atoms with van der Waals surface area (Å²) in [4.78, 5) is 24.0. The first-order chi connectivity index (χ1) is 9.88. The van der Waals surface area contributed by atoms with E-state index in [1.165, 1.54) is 5.56 Å². The first-order valence-corrected chi connectivity index (χ1v) is 7.03. The molecule has 5 heteroatoms. The number of benzene rings is 1. The summed E-state index contributed by atoms with van der Waals surface area (Å²) >= 11 is 0. The minimum atomic E-state index is -0.874. The second-order valence-corrected chi connectivity index (χ2v) is 5.38. The molecule has 0 saturated heterocycles. The number of likely N-dealkylation sites (N-methyl/N-ethyl adjacent to an activating group) is 1. The molecule has 1 aromatic rings. The molecule has 0 aromatic heterocycles. The van der Waals surface area contributed by atoms with Gasteiger partial charge in [0.1, 0.15) is 12.4 Å². The quantitative estimate of drug-likeness (QED) is 0.799. The molecule has 1 rings (SSSR count). The summed E-state index contributed by atoms with van der Waals surface area (Å²) in [7, 11) is 1.70. The van der Waals surface area contributed by atoms with Crippen molar-refractivity contribution in [2.45, 2.75) is 26.7 Å². The standard InChI is InChI=1S/C16H23NO4/c1-12-4-6-14(7-5-12)21-9-8-17(3)15(18)10-13(2)11-16(19)20/h4-7,13H,8-11H2,1-3H3,(H,19,20). The van der Waals surface area contributed by atoms with Gasteiger partial charge < -0.3 is 14.7 Å². The van der Waals surface area contributed by atoms with Crippen molar-refractivity contribution >= 4 is 11.9 Å². The van der Waals surface area contributed by atoms with Gasteiger partial charge in [-0.25, -0.2) is 0 Å². The third kappa shape index (κ3) is 6.79. The van der Waals surface area contributed by atoms with Gasteiger partial charge in [0.2, 0.25) is 5.91 Å². The maximum atomic E-state index is 11.9. The summed E-state index contributed by atoms with van der Waals surface area (Å²) in [6.07, 6.45) is 0.257. The molecule has 0 aliphatic heterocycles. The summed E-state index contributed by atoms with van der Waals surface area (Å²) in [5.74, 6) is -0.312. The van der Waals surface area contributed by atoms with E-state index in [-0.39, 0.29) is 24.7 Å². The van der Waals surface area contributed by atoms with Gasteiger partial charge in [0.05, 0.1) is 6.54 Å². The van der Waals surface area contributed by atoms with E-state index in [1.807, 2.05) is 31.2 Å². The van der Waals surface area contributed by atoms with Gasteiger partial charge in [0, 0.05) is 19.9 Å². The van der Waals surface area contributed by atoms with E-state index in [0.29, 0.717) is 13.2 Å². The predicted molar refractivity (Wildman–Crippen MR) is 80.3 cm³/mol. The number of hydrogen-bond acceptors (Lipinski definition) is 3. The number of carbonyl (C=O) groups excluding carboxylic acids is 1. The highest BCUT2D eigenvalue weighted by atomic mass is 16.5. The number of carbonyl (C=O) groups is 2. The number of carboxylic acids is 1. The van der Waals surface area contributed by atoms with Crippen LogP contribution >= 0.6 is 0 Å². The predicted octanol–water partition coefficient (Wildman–Crippen LogP) is 2.33. The molecular formula is C16H23NO4. The van der Waals surface area contributed by atoms with Crippen LogP contribution in [-0.2, 0) is 9.59 Å². The molecule has 21 heavy (non-hydrogen) atoms. The Kier molecular flexibility index (Phi) is 6.72. The van der Waals surface area contributed by atoms with Crippen molar-refractivity contribution < 1.29 is 19.4 Å². The minimum Gasteiger partial charge on any atom is -0.492 e. The maximum Gasteiger partial charge on any atom is 0.303 e. The van der Waals surface area contributed by atoms with Crippen LogP contribution in [0.25, 0.3) is 0 Å². The number of aryl methyl sites for hydroxylation is 1. The number of ether oxygens (including phenoxy) is 1. The Bertz CT molecular complexity index is 470. The average Bonchev–Trinajstić information content (AvgIpc) is 2.39. The molecule has 116 valence electrons. The molecule has 1 amide bonds. The molecular weight excluding hydrogens is 270 g/mol. The van der Waals surface area contributed by atoms with Gasteiger partial charge in [-0.15, -0.1) is 0 Å². The van der Waals surface area contributed by atoms with Crippen LogP contribution in [0.2, 0.25) is 0 Å². The Morgan fingerprint density at radius 2 is 1.86 bits per heavy atom. The molecule has 0 bridgehead atoms. The fraction of sp³-hybridized carbons (Fsp3) is 0.500. The summed E-state index contributed by atoms with van der Waals surface area (Å²) in [6.45, 7) is 4.67. The van der Waals surface area contributed by atoms with Crippen LogP contribution in [-0.4, -0.2) is 42.1 Å².